The van der Waals surface area contributed by atoms with E-state index in [0.717, 1.165) is 31.2 Å². The fourth-order valence-corrected chi connectivity index (χ4v) is 10.9. The summed E-state index contributed by atoms with van der Waals surface area (Å²) in [6.07, 6.45) is 7.93. The number of likely N-dealkylation sites (tertiary alicyclic amines) is 1. The summed E-state index contributed by atoms with van der Waals surface area (Å²) in [5, 5.41) is 9.40. The molecule has 0 aliphatic carbocycles. The van der Waals surface area contributed by atoms with Gasteiger partial charge in [0.15, 0.2) is 0 Å². The Morgan fingerprint density at radius 1 is 1.02 bits per heavy atom. The van der Waals surface area contributed by atoms with Crippen molar-refractivity contribution in [1.82, 2.24) is 14.7 Å². The molecule has 0 saturated carbocycles. The zero-order chi connectivity index (χ0) is 33.2. The molecule has 3 amide bonds. The average molecular weight is 638 g/mol. The van der Waals surface area contributed by atoms with Crippen molar-refractivity contribution in [2.24, 2.45) is 17.3 Å². The summed E-state index contributed by atoms with van der Waals surface area (Å²) in [6.45, 7) is 22.6. The van der Waals surface area contributed by atoms with Crippen molar-refractivity contribution in [2.45, 2.75) is 108 Å². The highest BCUT2D eigenvalue weighted by Gasteiger charge is 2.77. The van der Waals surface area contributed by atoms with Crippen LogP contribution in [0.25, 0.3) is 0 Å². The molecule has 2 bridgehead atoms. The topological polar surface area (TPSA) is 81.2 Å². The van der Waals surface area contributed by atoms with E-state index in [1.807, 2.05) is 45.0 Å². The number of rotatable bonds is 15. The van der Waals surface area contributed by atoms with Gasteiger partial charge in [-0.1, -0.05) is 63.3 Å². The Hall–Kier alpha value is -2.58. The van der Waals surface area contributed by atoms with Crippen LogP contribution in [0.5, 0.6) is 0 Å². The number of hydrogen-bond donors (Lipinski definition) is 1. The minimum absolute atomic E-state index is 0.0155. The summed E-state index contributed by atoms with van der Waals surface area (Å²) < 4.78 is -1.12. The van der Waals surface area contributed by atoms with Gasteiger partial charge in [-0.3, -0.25) is 14.4 Å². The van der Waals surface area contributed by atoms with Crippen molar-refractivity contribution in [3.8, 4) is 0 Å². The summed E-state index contributed by atoms with van der Waals surface area (Å²) >= 11 is 1.73. The predicted octanol–water partition coefficient (Wildman–Crippen LogP) is 6.07. The Labute approximate surface area is 275 Å². The molecule has 7 nitrogen and oxygen atoms in total. The summed E-state index contributed by atoms with van der Waals surface area (Å²) in [5.74, 6) is -1.24. The van der Waals surface area contributed by atoms with Crippen LogP contribution in [0.3, 0.4) is 0 Å². The third kappa shape index (κ3) is 6.92. The molecule has 3 saturated heterocycles. The maximum absolute atomic E-state index is 15.0. The number of thioether (sulfide) groups is 1. The second-order valence-electron chi connectivity index (χ2n) is 15.3. The molecular weight excluding hydrogens is 582 g/mol. The van der Waals surface area contributed by atoms with E-state index in [4.69, 9.17) is 0 Å². The molecule has 1 N–H and O–H groups in total. The summed E-state index contributed by atoms with van der Waals surface area (Å²) in [5.41, 5.74) is 0.542. The smallest absolute Gasteiger partial charge is 0.247 e. The molecule has 5 atom stereocenters. The molecule has 4 rings (SSSR count). The largest absolute Gasteiger partial charge is 0.396 e. The highest BCUT2D eigenvalue weighted by Crippen LogP contribution is 2.71. The molecule has 0 aromatic heterocycles. The van der Waals surface area contributed by atoms with Crippen molar-refractivity contribution in [1.29, 1.82) is 0 Å². The van der Waals surface area contributed by atoms with Gasteiger partial charge >= 0.3 is 0 Å². The molecule has 1 aromatic rings. The normalized spacial score (nSPS) is 27.4. The fourth-order valence-electron chi connectivity index (χ4n) is 8.59. The van der Waals surface area contributed by atoms with E-state index in [2.05, 4.69) is 54.7 Å². The lowest BCUT2D eigenvalue weighted by Gasteiger charge is -2.46. The highest BCUT2D eigenvalue weighted by molar-refractivity contribution is 8.02. The minimum Gasteiger partial charge on any atom is -0.396 e. The maximum Gasteiger partial charge on any atom is 0.247 e. The molecule has 248 valence electrons. The predicted molar refractivity (Wildman–Crippen MR) is 183 cm³/mol. The molecule has 1 aromatic carbocycles. The van der Waals surface area contributed by atoms with Crippen LogP contribution in [-0.4, -0.2) is 84.8 Å². The SMILES string of the molecule is C=CCN(Cc1ccccc1)C(=O)[C@@H]1[C@H]2C(=O)N(CCCCCO)C(C(=O)N(CC=C)C(C)(C)CC(C)(C)C)C23CC[C@@]1(C)S3. The summed E-state index contributed by atoms with van der Waals surface area (Å²) in [4.78, 5) is 49.9. The monoisotopic (exact) mass is 637 g/mol. The van der Waals surface area contributed by atoms with Crippen molar-refractivity contribution >= 4 is 29.5 Å². The molecule has 0 radical (unpaired) electrons. The third-order valence-electron chi connectivity index (χ3n) is 9.98. The second-order valence-corrected chi connectivity index (χ2v) is 17.2. The van der Waals surface area contributed by atoms with E-state index < -0.39 is 32.9 Å². The first-order chi connectivity index (χ1) is 21.2. The quantitative estimate of drug-likeness (QED) is 0.186. The van der Waals surface area contributed by atoms with E-state index in [1.54, 1.807) is 23.9 Å². The molecule has 3 aliphatic heterocycles. The molecule has 3 aliphatic rings. The highest BCUT2D eigenvalue weighted by atomic mass is 32.2. The summed E-state index contributed by atoms with van der Waals surface area (Å²) in [7, 11) is 0. The number of benzene rings is 1. The standard InChI is InChI=1S/C37H55N3O4S/c1-9-21-38(25-27-17-13-11-14-18-27)31(42)28-29-32(43)39(23-15-12-16-24-41)30(37(29)20-19-36(28,8)45-37)33(44)40(22-10-2)35(6,7)26-34(3,4)5/h9-11,13-14,17-18,28-30,41H,1-2,12,15-16,19-26H2,3-8H3/t28-,29-,30?,36+,37?/m0/s1. The van der Waals surface area contributed by atoms with Gasteiger partial charge in [-0.2, -0.15) is 0 Å². The van der Waals surface area contributed by atoms with Gasteiger partial charge in [0.05, 0.1) is 16.6 Å². The first-order valence-electron chi connectivity index (χ1n) is 16.6. The number of carbonyl (C=O) groups is 3. The van der Waals surface area contributed by atoms with Gasteiger partial charge in [0.1, 0.15) is 6.04 Å². The Balaban J connectivity index is 1.76. The van der Waals surface area contributed by atoms with Gasteiger partial charge in [0.25, 0.3) is 0 Å². The number of aliphatic hydroxyl groups excluding tert-OH is 1. The van der Waals surface area contributed by atoms with E-state index >= 15 is 4.79 Å². The molecule has 45 heavy (non-hydrogen) atoms. The number of hydrogen-bond acceptors (Lipinski definition) is 5. The second kappa shape index (κ2) is 13.6. The first kappa shape index (κ1) is 35.3. The Kier molecular flexibility index (Phi) is 10.7. The number of fused-ring (bicyclic) bond motifs is 1. The number of aliphatic hydroxyl groups is 1. The van der Waals surface area contributed by atoms with Gasteiger partial charge in [-0.05, 0) is 70.3 Å². The van der Waals surface area contributed by atoms with Crippen LogP contribution in [0.4, 0.5) is 0 Å². The van der Waals surface area contributed by atoms with Crippen LogP contribution < -0.4 is 0 Å². The van der Waals surface area contributed by atoms with Crippen LogP contribution in [0.2, 0.25) is 0 Å². The average Bonchev–Trinajstić information content (AvgIpc) is 3.53. The number of unbranched alkanes of at least 4 members (excludes halogenated alkanes) is 2. The Bertz CT molecular complexity index is 1260. The van der Waals surface area contributed by atoms with Gasteiger partial charge < -0.3 is 19.8 Å². The maximum atomic E-state index is 15.0. The van der Waals surface area contributed by atoms with E-state index in [9.17, 15) is 14.7 Å². The zero-order valence-electron chi connectivity index (χ0n) is 28.4. The molecule has 3 fully saturated rings. The van der Waals surface area contributed by atoms with Crippen molar-refractivity contribution < 1.29 is 19.5 Å². The zero-order valence-corrected chi connectivity index (χ0v) is 29.2. The lowest BCUT2D eigenvalue weighted by atomic mass is 9.66. The van der Waals surface area contributed by atoms with E-state index in [1.165, 1.54) is 0 Å². The third-order valence-corrected chi connectivity index (χ3v) is 12.0. The van der Waals surface area contributed by atoms with Crippen LogP contribution in [0, 0.1) is 17.3 Å². The van der Waals surface area contributed by atoms with Gasteiger partial charge in [-0.25, -0.2) is 0 Å². The molecule has 1 spiro atoms. The van der Waals surface area contributed by atoms with Crippen LogP contribution in [0.1, 0.15) is 85.6 Å². The lowest BCUT2D eigenvalue weighted by Crippen LogP contribution is -2.60. The van der Waals surface area contributed by atoms with Crippen molar-refractivity contribution in [2.75, 3.05) is 26.2 Å². The van der Waals surface area contributed by atoms with Crippen LogP contribution >= 0.6 is 11.8 Å². The minimum atomic E-state index is -0.677. The Morgan fingerprint density at radius 3 is 2.29 bits per heavy atom. The molecular formula is C37H55N3O4S. The lowest BCUT2D eigenvalue weighted by molar-refractivity contribution is -0.147. The molecule has 2 unspecified atom stereocenters. The van der Waals surface area contributed by atoms with Crippen molar-refractivity contribution in [3.63, 3.8) is 0 Å². The number of carbonyl (C=O) groups excluding carboxylic acids is 3. The number of nitrogens with zero attached hydrogens (tertiary/aromatic N) is 3. The van der Waals surface area contributed by atoms with Crippen LogP contribution in [0.15, 0.2) is 55.6 Å². The first-order valence-corrected chi connectivity index (χ1v) is 17.4. The Morgan fingerprint density at radius 2 is 1.69 bits per heavy atom. The fraction of sp³-hybridized carbons (Fsp3) is 0.649. The van der Waals surface area contributed by atoms with Crippen molar-refractivity contribution in [3.05, 3.63) is 61.2 Å². The van der Waals surface area contributed by atoms with Crippen LogP contribution in [-0.2, 0) is 20.9 Å². The number of amides is 3. The molecule has 3 heterocycles. The van der Waals surface area contributed by atoms with Gasteiger partial charge in [0.2, 0.25) is 17.7 Å². The summed E-state index contributed by atoms with van der Waals surface area (Å²) in [6, 6.07) is 9.27. The van der Waals surface area contributed by atoms with E-state index in [0.29, 0.717) is 39.0 Å². The molecule has 8 heteroatoms. The van der Waals surface area contributed by atoms with E-state index in [-0.39, 0.29) is 29.7 Å². The van der Waals surface area contributed by atoms with Gasteiger partial charge in [0, 0.05) is 43.1 Å². The van der Waals surface area contributed by atoms with Gasteiger partial charge in [-0.15, -0.1) is 24.9 Å².